The van der Waals surface area contributed by atoms with E-state index in [9.17, 15) is 0 Å². The van der Waals surface area contributed by atoms with Gasteiger partial charge in [0.1, 0.15) is 12.4 Å². The van der Waals surface area contributed by atoms with E-state index in [-0.39, 0.29) is 0 Å². The average molecular weight is 196 g/mol. The lowest BCUT2D eigenvalue weighted by molar-refractivity contribution is 0.0361. The highest BCUT2D eigenvalue weighted by atomic mass is 16.5. The smallest absolute Gasteiger partial charge is 0.129 e. The Balaban J connectivity index is 2.06. The zero-order valence-corrected chi connectivity index (χ0v) is 9.16. The fourth-order valence-corrected chi connectivity index (χ4v) is 1.38. The molecule has 1 aromatic rings. The van der Waals surface area contributed by atoms with Crippen molar-refractivity contribution in [1.82, 2.24) is 0 Å². The van der Waals surface area contributed by atoms with Crippen LogP contribution in [0.4, 0.5) is 0 Å². The van der Waals surface area contributed by atoms with E-state index in [0.717, 1.165) is 12.2 Å². The van der Waals surface area contributed by atoms with Crippen LogP contribution in [-0.4, -0.2) is 6.10 Å². The minimum atomic E-state index is 0.339. The summed E-state index contributed by atoms with van der Waals surface area (Å²) in [5, 5.41) is 0. The molecule has 0 aromatic carbocycles. The molecule has 0 aliphatic heterocycles. The van der Waals surface area contributed by atoms with Crippen molar-refractivity contribution in [3.63, 3.8) is 0 Å². The third-order valence-electron chi connectivity index (χ3n) is 2.30. The summed E-state index contributed by atoms with van der Waals surface area (Å²) < 4.78 is 10.8. The van der Waals surface area contributed by atoms with Crippen molar-refractivity contribution in [2.24, 2.45) is 0 Å². The molecule has 2 heteroatoms. The molecule has 1 aromatic heterocycles. The third-order valence-corrected chi connectivity index (χ3v) is 2.30. The molecule has 0 saturated carbocycles. The molecule has 0 amide bonds. The minimum Gasteiger partial charge on any atom is -0.467 e. The molecule has 80 valence electrons. The van der Waals surface area contributed by atoms with Gasteiger partial charge in [0, 0.05) is 0 Å². The lowest BCUT2D eigenvalue weighted by Gasteiger charge is -2.11. The quantitative estimate of drug-likeness (QED) is 0.619. The zero-order valence-electron chi connectivity index (χ0n) is 9.16. The molecule has 1 unspecified atom stereocenters. The van der Waals surface area contributed by atoms with Gasteiger partial charge in [-0.15, -0.1) is 0 Å². The van der Waals surface area contributed by atoms with E-state index in [1.807, 2.05) is 12.1 Å². The van der Waals surface area contributed by atoms with E-state index < -0.39 is 0 Å². The van der Waals surface area contributed by atoms with Crippen LogP contribution in [0.3, 0.4) is 0 Å². The lowest BCUT2D eigenvalue weighted by atomic mass is 10.1. The van der Waals surface area contributed by atoms with Crippen LogP contribution in [0, 0.1) is 0 Å². The number of hydrogen-bond acceptors (Lipinski definition) is 2. The Morgan fingerprint density at radius 3 is 2.93 bits per heavy atom. The van der Waals surface area contributed by atoms with Gasteiger partial charge in [0.05, 0.1) is 12.4 Å². The number of unbranched alkanes of at least 4 members (excludes halogenated alkanes) is 2. The summed E-state index contributed by atoms with van der Waals surface area (Å²) in [6.45, 7) is 4.94. The second-order valence-corrected chi connectivity index (χ2v) is 3.70. The summed E-state index contributed by atoms with van der Waals surface area (Å²) in [7, 11) is 0. The summed E-state index contributed by atoms with van der Waals surface area (Å²) in [5.74, 6) is 0.910. The van der Waals surface area contributed by atoms with Gasteiger partial charge in [0.15, 0.2) is 0 Å². The van der Waals surface area contributed by atoms with Crippen molar-refractivity contribution in [3.8, 4) is 0 Å². The zero-order chi connectivity index (χ0) is 10.2. The largest absolute Gasteiger partial charge is 0.467 e. The summed E-state index contributed by atoms with van der Waals surface area (Å²) in [6.07, 6.45) is 7.00. The molecule has 1 atom stereocenters. The van der Waals surface area contributed by atoms with Crippen molar-refractivity contribution in [3.05, 3.63) is 24.2 Å². The fraction of sp³-hybridized carbons (Fsp3) is 0.667. The number of rotatable bonds is 7. The first-order valence-electron chi connectivity index (χ1n) is 5.47. The van der Waals surface area contributed by atoms with Crippen LogP contribution in [-0.2, 0) is 11.3 Å². The molecule has 0 fully saturated rings. The molecular weight excluding hydrogens is 176 g/mol. The maximum absolute atomic E-state index is 5.64. The first-order valence-corrected chi connectivity index (χ1v) is 5.47. The summed E-state index contributed by atoms with van der Waals surface area (Å²) in [4.78, 5) is 0. The van der Waals surface area contributed by atoms with Gasteiger partial charge in [0.25, 0.3) is 0 Å². The molecule has 0 N–H and O–H groups in total. The van der Waals surface area contributed by atoms with Crippen LogP contribution >= 0.6 is 0 Å². The summed E-state index contributed by atoms with van der Waals surface area (Å²) in [6, 6.07) is 3.83. The molecule has 0 aliphatic rings. The first kappa shape index (κ1) is 11.3. The maximum Gasteiger partial charge on any atom is 0.129 e. The van der Waals surface area contributed by atoms with Crippen LogP contribution in [0.5, 0.6) is 0 Å². The summed E-state index contributed by atoms with van der Waals surface area (Å²) in [5.41, 5.74) is 0. The van der Waals surface area contributed by atoms with Gasteiger partial charge in [0.2, 0.25) is 0 Å². The normalized spacial score (nSPS) is 13.0. The Morgan fingerprint density at radius 1 is 1.43 bits per heavy atom. The Bertz CT molecular complexity index is 216. The number of furan rings is 1. The van der Waals surface area contributed by atoms with Gasteiger partial charge in [-0.2, -0.15) is 0 Å². The molecule has 0 radical (unpaired) electrons. The lowest BCUT2D eigenvalue weighted by Crippen LogP contribution is -2.07. The highest BCUT2D eigenvalue weighted by Gasteiger charge is 2.03. The third kappa shape index (κ3) is 4.47. The van der Waals surface area contributed by atoms with Crippen LogP contribution in [0.25, 0.3) is 0 Å². The van der Waals surface area contributed by atoms with Crippen molar-refractivity contribution in [2.45, 2.75) is 52.2 Å². The molecule has 0 bridgehead atoms. The monoisotopic (exact) mass is 196 g/mol. The Morgan fingerprint density at radius 2 is 2.29 bits per heavy atom. The SMILES string of the molecule is CCCCCC(C)OCc1ccco1. The molecule has 2 nitrogen and oxygen atoms in total. The van der Waals surface area contributed by atoms with Crippen molar-refractivity contribution in [2.75, 3.05) is 0 Å². The van der Waals surface area contributed by atoms with Gasteiger partial charge < -0.3 is 9.15 Å². The van der Waals surface area contributed by atoms with E-state index in [1.54, 1.807) is 6.26 Å². The average Bonchev–Trinajstić information content (AvgIpc) is 2.68. The standard InChI is InChI=1S/C12H20O2/c1-3-4-5-7-11(2)14-10-12-8-6-9-13-12/h6,8-9,11H,3-5,7,10H2,1-2H3. The Hall–Kier alpha value is -0.760. The van der Waals surface area contributed by atoms with Crippen LogP contribution < -0.4 is 0 Å². The second kappa shape index (κ2) is 6.66. The topological polar surface area (TPSA) is 22.4 Å². The molecule has 0 aliphatic carbocycles. The highest BCUT2D eigenvalue weighted by molar-refractivity contribution is 4.96. The molecule has 1 rings (SSSR count). The van der Waals surface area contributed by atoms with Gasteiger partial charge >= 0.3 is 0 Å². The van der Waals surface area contributed by atoms with Crippen LogP contribution in [0.1, 0.15) is 45.3 Å². The predicted molar refractivity (Wildman–Crippen MR) is 57.1 cm³/mol. The summed E-state index contributed by atoms with van der Waals surface area (Å²) >= 11 is 0. The molecular formula is C12H20O2. The van der Waals surface area contributed by atoms with E-state index in [0.29, 0.717) is 12.7 Å². The van der Waals surface area contributed by atoms with Gasteiger partial charge in [-0.05, 0) is 25.5 Å². The predicted octanol–water partition coefficient (Wildman–Crippen LogP) is 3.77. The molecule has 0 saturated heterocycles. The number of ether oxygens (including phenoxy) is 1. The van der Waals surface area contributed by atoms with Crippen molar-refractivity contribution in [1.29, 1.82) is 0 Å². The fourth-order valence-electron chi connectivity index (χ4n) is 1.38. The van der Waals surface area contributed by atoms with Gasteiger partial charge in [-0.1, -0.05) is 26.2 Å². The Kier molecular flexibility index (Phi) is 5.38. The van der Waals surface area contributed by atoms with Crippen molar-refractivity contribution >= 4 is 0 Å². The van der Waals surface area contributed by atoms with E-state index in [2.05, 4.69) is 13.8 Å². The van der Waals surface area contributed by atoms with Gasteiger partial charge in [-0.3, -0.25) is 0 Å². The van der Waals surface area contributed by atoms with Crippen LogP contribution in [0.15, 0.2) is 22.8 Å². The molecule has 14 heavy (non-hydrogen) atoms. The van der Waals surface area contributed by atoms with E-state index in [1.165, 1.54) is 19.3 Å². The molecule has 0 spiro atoms. The Labute approximate surface area is 86.3 Å². The van der Waals surface area contributed by atoms with E-state index >= 15 is 0 Å². The van der Waals surface area contributed by atoms with Crippen LogP contribution in [0.2, 0.25) is 0 Å². The van der Waals surface area contributed by atoms with E-state index in [4.69, 9.17) is 9.15 Å². The second-order valence-electron chi connectivity index (χ2n) is 3.70. The van der Waals surface area contributed by atoms with Gasteiger partial charge in [-0.25, -0.2) is 0 Å². The number of hydrogen-bond donors (Lipinski definition) is 0. The first-order chi connectivity index (χ1) is 6.83. The highest BCUT2D eigenvalue weighted by Crippen LogP contribution is 2.09. The minimum absolute atomic E-state index is 0.339. The van der Waals surface area contributed by atoms with Crippen molar-refractivity contribution < 1.29 is 9.15 Å². The molecule has 1 heterocycles. The maximum atomic E-state index is 5.64.